The molecule has 1 aromatic heterocycles. The quantitative estimate of drug-likeness (QED) is 0.812. The van der Waals surface area contributed by atoms with Crippen LogP contribution in [0.15, 0.2) is 41.1 Å². The third-order valence-electron chi connectivity index (χ3n) is 2.15. The van der Waals surface area contributed by atoms with Crippen molar-refractivity contribution in [1.29, 1.82) is 0 Å². The van der Waals surface area contributed by atoms with Crippen molar-refractivity contribution >= 4 is 28.1 Å². The first-order chi connectivity index (χ1) is 7.25. The van der Waals surface area contributed by atoms with Gasteiger partial charge in [-0.15, -0.1) is 0 Å². The summed E-state index contributed by atoms with van der Waals surface area (Å²) in [7, 11) is 1.98. The van der Waals surface area contributed by atoms with E-state index in [2.05, 4.69) is 39.1 Å². The fraction of sp³-hybridized carbons (Fsp3) is 0.0833. The van der Waals surface area contributed by atoms with E-state index >= 15 is 0 Å². The van der Waals surface area contributed by atoms with Crippen LogP contribution in [0.4, 0.5) is 0 Å². The largest absolute Gasteiger partial charge is 0.335 e. The first-order valence-electron chi connectivity index (χ1n) is 4.67. The molecule has 0 atom stereocenters. The standard InChI is InChI=1S/C12H11BrN2/c1-15-9-8-14-12(15)7-4-10-2-5-11(13)6-3-10/h2-9H,1H3/b7-4+. The molecular weight excluding hydrogens is 252 g/mol. The summed E-state index contributed by atoms with van der Waals surface area (Å²) in [6, 6.07) is 8.17. The van der Waals surface area contributed by atoms with Gasteiger partial charge in [-0.05, 0) is 23.8 Å². The van der Waals surface area contributed by atoms with Gasteiger partial charge in [0.15, 0.2) is 0 Å². The fourth-order valence-corrected chi connectivity index (χ4v) is 1.55. The zero-order valence-corrected chi connectivity index (χ0v) is 9.98. The Labute approximate surface area is 97.4 Å². The van der Waals surface area contributed by atoms with E-state index in [1.54, 1.807) is 6.20 Å². The van der Waals surface area contributed by atoms with E-state index in [1.807, 2.05) is 36.0 Å². The van der Waals surface area contributed by atoms with E-state index in [0.717, 1.165) is 10.3 Å². The van der Waals surface area contributed by atoms with Crippen molar-refractivity contribution in [3.63, 3.8) is 0 Å². The average molecular weight is 263 g/mol. The van der Waals surface area contributed by atoms with E-state index in [0.29, 0.717) is 0 Å². The number of hydrogen-bond acceptors (Lipinski definition) is 1. The van der Waals surface area contributed by atoms with Crippen LogP contribution in [0, 0.1) is 0 Å². The van der Waals surface area contributed by atoms with Crippen LogP contribution < -0.4 is 0 Å². The highest BCUT2D eigenvalue weighted by atomic mass is 79.9. The van der Waals surface area contributed by atoms with Crippen LogP contribution in [0.5, 0.6) is 0 Å². The number of aromatic nitrogens is 2. The van der Waals surface area contributed by atoms with Crippen LogP contribution in [-0.4, -0.2) is 9.55 Å². The number of benzene rings is 1. The van der Waals surface area contributed by atoms with Crippen molar-refractivity contribution < 1.29 is 0 Å². The van der Waals surface area contributed by atoms with E-state index < -0.39 is 0 Å². The molecule has 0 saturated carbocycles. The highest BCUT2D eigenvalue weighted by Gasteiger charge is 1.92. The highest BCUT2D eigenvalue weighted by Crippen LogP contribution is 2.12. The Bertz CT molecular complexity index is 469. The zero-order chi connectivity index (χ0) is 10.7. The van der Waals surface area contributed by atoms with Crippen molar-refractivity contribution in [1.82, 2.24) is 9.55 Å². The molecule has 76 valence electrons. The molecule has 3 heteroatoms. The molecule has 0 aliphatic carbocycles. The fourth-order valence-electron chi connectivity index (χ4n) is 1.28. The molecule has 0 amide bonds. The molecule has 1 aromatic carbocycles. The Balaban J connectivity index is 2.19. The summed E-state index contributed by atoms with van der Waals surface area (Å²) in [4.78, 5) is 4.22. The summed E-state index contributed by atoms with van der Waals surface area (Å²) < 4.78 is 3.08. The van der Waals surface area contributed by atoms with Gasteiger partial charge in [-0.2, -0.15) is 0 Å². The van der Waals surface area contributed by atoms with Gasteiger partial charge in [-0.3, -0.25) is 0 Å². The summed E-state index contributed by atoms with van der Waals surface area (Å²) in [5.41, 5.74) is 1.17. The van der Waals surface area contributed by atoms with Crippen LogP contribution in [0.3, 0.4) is 0 Å². The van der Waals surface area contributed by atoms with Gasteiger partial charge in [0.2, 0.25) is 0 Å². The number of rotatable bonds is 2. The topological polar surface area (TPSA) is 17.8 Å². The zero-order valence-electron chi connectivity index (χ0n) is 8.39. The molecule has 0 aliphatic heterocycles. The van der Waals surface area contributed by atoms with Crippen LogP contribution in [0.1, 0.15) is 11.4 Å². The van der Waals surface area contributed by atoms with Gasteiger partial charge in [0.1, 0.15) is 5.82 Å². The molecule has 0 radical (unpaired) electrons. The molecule has 0 unspecified atom stereocenters. The minimum absolute atomic E-state index is 0.956. The van der Waals surface area contributed by atoms with E-state index in [1.165, 1.54) is 5.56 Å². The average Bonchev–Trinajstić information content (AvgIpc) is 2.63. The first kappa shape index (κ1) is 10.2. The lowest BCUT2D eigenvalue weighted by Crippen LogP contribution is -1.88. The molecule has 0 N–H and O–H groups in total. The lowest BCUT2D eigenvalue weighted by molar-refractivity contribution is 0.898. The van der Waals surface area contributed by atoms with Crippen LogP contribution in [0.2, 0.25) is 0 Å². The maximum Gasteiger partial charge on any atom is 0.132 e. The second-order valence-electron chi connectivity index (χ2n) is 3.28. The lowest BCUT2D eigenvalue weighted by atomic mass is 10.2. The molecule has 15 heavy (non-hydrogen) atoms. The number of nitrogens with zero attached hydrogens (tertiary/aromatic N) is 2. The monoisotopic (exact) mass is 262 g/mol. The molecule has 0 saturated heterocycles. The normalized spacial score (nSPS) is 11.1. The summed E-state index contributed by atoms with van der Waals surface area (Å²) >= 11 is 3.41. The van der Waals surface area contributed by atoms with Gasteiger partial charge < -0.3 is 4.57 Å². The van der Waals surface area contributed by atoms with Gasteiger partial charge in [0.25, 0.3) is 0 Å². The van der Waals surface area contributed by atoms with Gasteiger partial charge >= 0.3 is 0 Å². The molecule has 2 rings (SSSR count). The Morgan fingerprint density at radius 1 is 1.20 bits per heavy atom. The minimum Gasteiger partial charge on any atom is -0.335 e. The highest BCUT2D eigenvalue weighted by molar-refractivity contribution is 9.10. The number of hydrogen-bond donors (Lipinski definition) is 0. The lowest BCUT2D eigenvalue weighted by Gasteiger charge is -1.95. The predicted molar refractivity (Wildman–Crippen MR) is 66.3 cm³/mol. The van der Waals surface area contributed by atoms with Gasteiger partial charge in [-0.25, -0.2) is 4.98 Å². The summed E-state index contributed by atoms with van der Waals surface area (Å²) in [5.74, 6) is 0.956. The van der Waals surface area contributed by atoms with Crippen LogP contribution >= 0.6 is 15.9 Å². The summed E-state index contributed by atoms with van der Waals surface area (Å²) in [6.07, 6.45) is 7.78. The number of imidazole rings is 1. The minimum atomic E-state index is 0.956. The SMILES string of the molecule is Cn1ccnc1/C=C/c1ccc(Br)cc1. The van der Waals surface area contributed by atoms with Gasteiger partial charge in [-0.1, -0.05) is 34.1 Å². The molecule has 0 aliphatic rings. The van der Waals surface area contributed by atoms with Gasteiger partial charge in [0.05, 0.1) is 0 Å². The Morgan fingerprint density at radius 3 is 2.53 bits per heavy atom. The van der Waals surface area contributed by atoms with Crippen molar-refractivity contribution in [3.05, 3.63) is 52.5 Å². The van der Waals surface area contributed by atoms with E-state index in [-0.39, 0.29) is 0 Å². The molecule has 0 fully saturated rings. The van der Waals surface area contributed by atoms with Crippen LogP contribution in [-0.2, 0) is 7.05 Å². The Kier molecular flexibility index (Phi) is 3.02. The Hall–Kier alpha value is -1.35. The van der Waals surface area contributed by atoms with Crippen molar-refractivity contribution in [3.8, 4) is 0 Å². The van der Waals surface area contributed by atoms with E-state index in [4.69, 9.17) is 0 Å². The summed E-state index contributed by atoms with van der Waals surface area (Å²) in [5, 5.41) is 0. The molecule has 0 bridgehead atoms. The third-order valence-corrected chi connectivity index (χ3v) is 2.68. The second-order valence-corrected chi connectivity index (χ2v) is 4.20. The summed E-state index contributed by atoms with van der Waals surface area (Å²) in [6.45, 7) is 0. The predicted octanol–water partition coefficient (Wildman–Crippen LogP) is 3.35. The van der Waals surface area contributed by atoms with E-state index in [9.17, 15) is 0 Å². The second kappa shape index (κ2) is 4.45. The molecule has 1 heterocycles. The molecule has 0 spiro atoms. The maximum absolute atomic E-state index is 4.22. The smallest absolute Gasteiger partial charge is 0.132 e. The Morgan fingerprint density at radius 2 is 1.93 bits per heavy atom. The maximum atomic E-state index is 4.22. The van der Waals surface area contributed by atoms with Crippen LogP contribution in [0.25, 0.3) is 12.2 Å². The van der Waals surface area contributed by atoms with Crippen molar-refractivity contribution in [2.45, 2.75) is 0 Å². The third kappa shape index (κ3) is 2.57. The molecule has 2 aromatic rings. The number of halogens is 1. The van der Waals surface area contributed by atoms with Crippen molar-refractivity contribution in [2.75, 3.05) is 0 Å². The van der Waals surface area contributed by atoms with Crippen molar-refractivity contribution in [2.24, 2.45) is 7.05 Å². The van der Waals surface area contributed by atoms with Gasteiger partial charge in [0, 0.05) is 23.9 Å². The molecule has 2 nitrogen and oxygen atoms in total. The number of aryl methyl sites for hydroxylation is 1. The molecular formula is C12H11BrN2. The first-order valence-corrected chi connectivity index (χ1v) is 5.46.